The summed E-state index contributed by atoms with van der Waals surface area (Å²) in [7, 11) is 0. The summed E-state index contributed by atoms with van der Waals surface area (Å²) in [5.74, 6) is -0.368. The van der Waals surface area contributed by atoms with Gasteiger partial charge in [0.2, 0.25) is 5.91 Å². The molecule has 6 nitrogen and oxygen atoms in total. The number of pyridine rings is 1. The van der Waals surface area contributed by atoms with Crippen LogP contribution in [-0.4, -0.2) is 22.5 Å². The van der Waals surface area contributed by atoms with Crippen molar-refractivity contribution in [1.82, 2.24) is 10.3 Å². The molecule has 122 valence electrons. The van der Waals surface area contributed by atoms with Gasteiger partial charge in [-0.25, -0.2) is 5.01 Å². The molecule has 2 amide bonds. The minimum absolute atomic E-state index is 0.111. The molecule has 0 saturated carbocycles. The number of nitrogens with one attached hydrogen (secondary N) is 1. The van der Waals surface area contributed by atoms with E-state index >= 15 is 0 Å². The number of carbonyl (C=O) groups is 2. The van der Waals surface area contributed by atoms with Gasteiger partial charge in [0, 0.05) is 25.2 Å². The summed E-state index contributed by atoms with van der Waals surface area (Å²) in [5.41, 5.74) is 1.99. The zero-order chi connectivity index (χ0) is 16.9. The Morgan fingerprint density at radius 3 is 2.54 bits per heavy atom. The Labute approximate surface area is 140 Å². The summed E-state index contributed by atoms with van der Waals surface area (Å²) < 4.78 is 0. The molecule has 0 spiro atoms. The van der Waals surface area contributed by atoms with Crippen LogP contribution in [0, 0.1) is 0 Å². The quantitative estimate of drug-likeness (QED) is 0.939. The molecule has 1 aromatic heterocycles. The molecule has 2 aromatic rings. The van der Waals surface area contributed by atoms with Crippen LogP contribution in [0.2, 0.25) is 0 Å². The minimum atomic E-state index is -0.257. The van der Waals surface area contributed by atoms with Gasteiger partial charge in [0.15, 0.2) is 0 Å². The van der Waals surface area contributed by atoms with E-state index in [4.69, 9.17) is 0 Å². The maximum atomic E-state index is 12.5. The van der Waals surface area contributed by atoms with E-state index in [-0.39, 0.29) is 24.3 Å². The Hall–Kier alpha value is -3.02. The highest BCUT2D eigenvalue weighted by Crippen LogP contribution is 2.20. The molecule has 24 heavy (non-hydrogen) atoms. The van der Waals surface area contributed by atoms with Crippen LogP contribution in [0.3, 0.4) is 0 Å². The molecule has 0 bridgehead atoms. The number of para-hydroxylation sites is 1. The van der Waals surface area contributed by atoms with Gasteiger partial charge in [-0.05, 0) is 36.8 Å². The Morgan fingerprint density at radius 2 is 1.83 bits per heavy atom. The summed E-state index contributed by atoms with van der Waals surface area (Å²) in [6.45, 7) is 1.90. The van der Waals surface area contributed by atoms with Gasteiger partial charge in [-0.3, -0.25) is 14.6 Å². The molecule has 0 saturated heterocycles. The lowest BCUT2D eigenvalue weighted by Gasteiger charge is -2.24. The van der Waals surface area contributed by atoms with Crippen LogP contribution in [0.4, 0.5) is 5.69 Å². The fourth-order valence-corrected chi connectivity index (χ4v) is 2.50. The van der Waals surface area contributed by atoms with E-state index in [1.165, 1.54) is 5.01 Å². The Morgan fingerprint density at radius 1 is 1.12 bits per heavy atom. The Bertz CT molecular complexity index is 759. The molecule has 2 heterocycles. The van der Waals surface area contributed by atoms with Gasteiger partial charge in [-0.15, -0.1) is 0 Å². The van der Waals surface area contributed by atoms with Crippen molar-refractivity contribution < 1.29 is 9.59 Å². The lowest BCUT2D eigenvalue weighted by molar-refractivity contribution is -0.119. The second kappa shape index (κ2) is 7.04. The zero-order valence-electron chi connectivity index (χ0n) is 13.3. The third-order valence-corrected chi connectivity index (χ3v) is 3.85. The largest absolute Gasteiger partial charge is 0.344 e. The first-order valence-corrected chi connectivity index (χ1v) is 7.81. The number of anilines is 1. The molecule has 1 unspecified atom stereocenters. The average Bonchev–Trinajstić information content (AvgIpc) is 2.63. The Balaban J connectivity index is 1.76. The van der Waals surface area contributed by atoms with Gasteiger partial charge in [0.1, 0.15) is 5.71 Å². The van der Waals surface area contributed by atoms with E-state index in [2.05, 4.69) is 15.4 Å². The lowest BCUT2D eigenvalue weighted by atomic mass is 10.1. The van der Waals surface area contributed by atoms with Crippen molar-refractivity contribution in [3.63, 3.8) is 0 Å². The standard InChI is InChI=1S/C18H18N4O2/c1-13(14-9-11-19-12-10-14)20-18(24)16-7-8-17(23)22(21-16)15-5-3-2-4-6-15/h2-6,9-13H,7-8H2,1H3,(H,20,24). The van der Waals surface area contributed by atoms with Gasteiger partial charge in [0.25, 0.3) is 5.91 Å². The number of hydrogen-bond acceptors (Lipinski definition) is 4. The molecule has 0 fully saturated rings. The number of amides is 2. The molecule has 1 atom stereocenters. The van der Waals surface area contributed by atoms with Crippen LogP contribution in [0.5, 0.6) is 0 Å². The summed E-state index contributed by atoms with van der Waals surface area (Å²) in [6.07, 6.45) is 3.99. The summed E-state index contributed by atoms with van der Waals surface area (Å²) in [4.78, 5) is 28.5. The summed E-state index contributed by atoms with van der Waals surface area (Å²) >= 11 is 0. The molecule has 1 N–H and O–H groups in total. The number of aromatic nitrogens is 1. The van der Waals surface area contributed by atoms with Gasteiger partial charge >= 0.3 is 0 Å². The number of carbonyl (C=O) groups excluding carboxylic acids is 2. The van der Waals surface area contributed by atoms with E-state index < -0.39 is 0 Å². The van der Waals surface area contributed by atoms with Gasteiger partial charge < -0.3 is 5.32 Å². The molecule has 6 heteroatoms. The second-order valence-corrected chi connectivity index (χ2v) is 5.56. The van der Waals surface area contributed by atoms with E-state index in [9.17, 15) is 9.59 Å². The van der Waals surface area contributed by atoms with Crippen LogP contribution >= 0.6 is 0 Å². The molecule has 1 aliphatic heterocycles. The summed E-state index contributed by atoms with van der Waals surface area (Å²) in [6, 6.07) is 12.7. The van der Waals surface area contributed by atoms with E-state index in [1.807, 2.05) is 37.3 Å². The number of hydrogen-bond donors (Lipinski definition) is 1. The van der Waals surface area contributed by atoms with Gasteiger partial charge in [-0.2, -0.15) is 5.10 Å². The maximum Gasteiger partial charge on any atom is 0.267 e. The third-order valence-electron chi connectivity index (χ3n) is 3.85. The third kappa shape index (κ3) is 3.48. The van der Waals surface area contributed by atoms with E-state index in [0.29, 0.717) is 17.8 Å². The minimum Gasteiger partial charge on any atom is -0.344 e. The van der Waals surface area contributed by atoms with Crippen molar-refractivity contribution in [3.8, 4) is 0 Å². The number of benzene rings is 1. The first-order chi connectivity index (χ1) is 11.6. The van der Waals surface area contributed by atoms with Gasteiger partial charge in [0.05, 0.1) is 11.7 Å². The van der Waals surface area contributed by atoms with Gasteiger partial charge in [-0.1, -0.05) is 18.2 Å². The maximum absolute atomic E-state index is 12.5. The normalized spacial score (nSPS) is 15.6. The first-order valence-electron chi connectivity index (χ1n) is 7.81. The molecule has 0 aliphatic carbocycles. The molecule has 3 rings (SSSR count). The average molecular weight is 322 g/mol. The molecule has 1 aromatic carbocycles. The van der Waals surface area contributed by atoms with Crippen LogP contribution < -0.4 is 10.3 Å². The highest BCUT2D eigenvalue weighted by molar-refractivity contribution is 6.40. The monoisotopic (exact) mass is 322 g/mol. The van der Waals surface area contributed by atoms with Crippen LogP contribution in [0.15, 0.2) is 60.0 Å². The zero-order valence-corrected chi connectivity index (χ0v) is 13.3. The Kier molecular flexibility index (Phi) is 4.65. The fraction of sp³-hybridized carbons (Fsp3) is 0.222. The predicted octanol–water partition coefficient (Wildman–Crippen LogP) is 2.44. The van der Waals surface area contributed by atoms with Crippen molar-refractivity contribution in [2.45, 2.75) is 25.8 Å². The van der Waals surface area contributed by atoms with Crippen molar-refractivity contribution in [2.75, 3.05) is 5.01 Å². The predicted molar refractivity (Wildman–Crippen MR) is 91.4 cm³/mol. The molecule has 0 radical (unpaired) electrons. The van der Waals surface area contributed by atoms with Crippen LogP contribution in [0.1, 0.15) is 31.4 Å². The fourth-order valence-electron chi connectivity index (χ4n) is 2.50. The second-order valence-electron chi connectivity index (χ2n) is 5.56. The number of nitrogens with zero attached hydrogens (tertiary/aromatic N) is 3. The smallest absolute Gasteiger partial charge is 0.267 e. The topological polar surface area (TPSA) is 74.7 Å². The van der Waals surface area contributed by atoms with Crippen molar-refractivity contribution >= 4 is 23.2 Å². The van der Waals surface area contributed by atoms with E-state index in [1.54, 1.807) is 24.5 Å². The molecular formula is C18H18N4O2. The van der Waals surface area contributed by atoms with E-state index in [0.717, 1.165) is 5.56 Å². The number of hydrazone groups is 1. The lowest BCUT2D eigenvalue weighted by Crippen LogP contribution is -2.39. The highest BCUT2D eigenvalue weighted by Gasteiger charge is 2.26. The van der Waals surface area contributed by atoms with Crippen molar-refractivity contribution in [2.24, 2.45) is 5.10 Å². The summed E-state index contributed by atoms with van der Waals surface area (Å²) in [5, 5.41) is 8.47. The molecule has 1 aliphatic rings. The van der Waals surface area contributed by atoms with Crippen molar-refractivity contribution in [1.29, 1.82) is 0 Å². The number of rotatable bonds is 4. The van der Waals surface area contributed by atoms with Crippen LogP contribution in [-0.2, 0) is 9.59 Å². The molecular weight excluding hydrogens is 304 g/mol. The van der Waals surface area contributed by atoms with Crippen LogP contribution in [0.25, 0.3) is 0 Å². The first kappa shape index (κ1) is 15.9. The SMILES string of the molecule is CC(NC(=O)C1=NN(c2ccccc2)C(=O)CC1)c1ccncc1. The van der Waals surface area contributed by atoms with Crippen molar-refractivity contribution in [3.05, 3.63) is 60.4 Å². The highest BCUT2D eigenvalue weighted by atomic mass is 16.2.